The van der Waals surface area contributed by atoms with Crippen LogP contribution in [0.4, 0.5) is 22.7 Å². The zero-order chi connectivity index (χ0) is 86.9. The molecule has 13 aromatic carbocycles. The predicted molar refractivity (Wildman–Crippen MR) is 511 cm³/mol. The lowest BCUT2D eigenvalue weighted by molar-refractivity contribution is 0.306. The molecule has 13 aromatic rings. The average molecular weight is 1890 g/mol. The topological polar surface area (TPSA) is 159 Å². The fourth-order valence-electron chi connectivity index (χ4n) is 12.1. The van der Waals surface area contributed by atoms with Crippen molar-refractivity contribution in [2.75, 3.05) is 17.2 Å². The van der Waals surface area contributed by atoms with Gasteiger partial charge in [0, 0.05) is 35.7 Å². The summed E-state index contributed by atoms with van der Waals surface area (Å²) in [6.07, 6.45) is 6.19. The van der Waals surface area contributed by atoms with Crippen molar-refractivity contribution in [3.8, 4) is 5.75 Å². The number of halogens is 8. The van der Waals surface area contributed by atoms with Crippen LogP contribution in [0, 0.1) is 34.6 Å². The second-order valence-corrected chi connectivity index (χ2v) is 38.8. The van der Waals surface area contributed by atoms with Gasteiger partial charge in [-0.1, -0.05) is 278 Å². The first-order valence-corrected chi connectivity index (χ1v) is 47.0. The number of nitrogens with zero attached hydrogens (tertiary/aromatic N) is 4. The molecule has 0 spiro atoms. The van der Waals surface area contributed by atoms with Gasteiger partial charge in [-0.3, -0.25) is 17.2 Å². The van der Waals surface area contributed by atoms with Crippen LogP contribution in [0.1, 0.15) is 77.9 Å². The number of ether oxygens (including phenoxy) is 1. The lowest BCUT2D eigenvalue weighted by Crippen LogP contribution is -2.28. The fourth-order valence-corrected chi connectivity index (χ4v) is 18.8. The van der Waals surface area contributed by atoms with Crippen molar-refractivity contribution in [1.29, 1.82) is 0 Å². The molecule has 0 aromatic heterocycles. The quantitative estimate of drug-likeness (QED) is 0.0488. The van der Waals surface area contributed by atoms with Crippen LogP contribution in [0.2, 0.25) is 35.2 Å². The molecule has 622 valence electrons. The molecule has 0 aliphatic heterocycles. The summed E-state index contributed by atoms with van der Waals surface area (Å²) in [4.78, 5) is 0. The molecule has 0 saturated heterocycles. The summed E-state index contributed by atoms with van der Waals surface area (Å²) < 4.78 is 119. The molecule has 0 radical (unpaired) electrons. The van der Waals surface area contributed by atoms with Crippen LogP contribution in [-0.2, 0) is 72.9 Å². The first kappa shape index (κ1) is 93.4. The monoisotopic (exact) mass is 1890 g/mol. The lowest BCUT2D eigenvalue weighted by Gasteiger charge is -2.23. The largest absolute Gasteiger partial charge is 0.489 e. The summed E-state index contributed by atoms with van der Waals surface area (Å²) in [6, 6.07) is 93.3. The minimum Gasteiger partial charge on any atom is -0.489 e. The maximum atomic E-state index is 13.5. The van der Waals surface area contributed by atoms with Crippen molar-refractivity contribution in [1.82, 2.24) is 0 Å². The van der Waals surface area contributed by atoms with Gasteiger partial charge in [0.25, 0.3) is 40.1 Å². The smallest absolute Gasteiger partial charge is 0.257 e. The van der Waals surface area contributed by atoms with E-state index in [0.29, 0.717) is 81.4 Å². The highest BCUT2D eigenvalue weighted by molar-refractivity contribution is 9.10. The van der Waals surface area contributed by atoms with Crippen LogP contribution >= 0.6 is 97.1 Å². The number of hydrogen-bond donors (Lipinski definition) is 0. The molecule has 121 heavy (non-hydrogen) atoms. The Kier molecular flexibility index (Phi) is 34.2. The third-order valence-corrected chi connectivity index (χ3v) is 26.1. The van der Waals surface area contributed by atoms with E-state index in [1.165, 1.54) is 51.0 Å². The molecule has 13 rings (SSSR count). The van der Waals surface area contributed by atoms with Gasteiger partial charge in [-0.05, 0) is 259 Å². The Bertz CT molecular complexity index is 6220. The van der Waals surface area contributed by atoms with Crippen LogP contribution in [0.3, 0.4) is 0 Å². The number of benzene rings is 13. The van der Waals surface area contributed by atoms with Gasteiger partial charge in [0.15, 0.2) is 0 Å². The molecule has 13 nitrogen and oxygen atoms in total. The Labute approximate surface area is 754 Å². The van der Waals surface area contributed by atoms with Crippen molar-refractivity contribution < 1.29 is 38.4 Å². The first-order valence-electron chi connectivity index (χ1n) is 37.5. The SMILES string of the molecule is Cc1cccc(CN(c2cccc(C)c2)S(=O)(=O)/C=C/c2cccc(Cl)c2)c1.Cc1cccc(COc2cccc(N(Cc3cccc(Cl)c3)S(=O)(=O)/C=C/c3cccc(Cl)c3)c2)c1.Cc1cccc(N(Cc2ccc(Cl)c(Cl)c2)S(=O)(=O)/C=C/c2cccc(Cl)c2)c1.Cc1cccc(N(Cc2cccc(Br)c2)S(=O)(=O)/C=C/c2cccc(Cl)c2)c1. The second-order valence-electron chi connectivity index (χ2n) is 27.9. The van der Waals surface area contributed by atoms with Crippen LogP contribution in [-0.4, -0.2) is 33.7 Å². The molecule has 0 aliphatic carbocycles. The Morgan fingerprint density at radius 1 is 0.273 bits per heavy atom. The zero-order valence-corrected chi connectivity index (χ0v) is 76.4. The molecule has 0 unspecified atom stereocenters. The normalized spacial score (nSPS) is 11.6. The third kappa shape index (κ3) is 29.7. The van der Waals surface area contributed by atoms with Gasteiger partial charge in [0.2, 0.25) is 0 Å². The van der Waals surface area contributed by atoms with Gasteiger partial charge >= 0.3 is 0 Å². The minimum atomic E-state index is -3.88. The minimum absolute atomic E-state index is 0.101. The standard InChI is InChI=1S/C29H25Cl2NO3S.C23H22ClNO2S.C22H19BrClNO2S.C22H18Cl3NO2S/c1-22-6-2-9-25(16-22)21-35-29-13-5-12-28(19-29)32(20-24-8-4-11-27(31)18-24)36(33,34)15-14-23-7-3-10-26(30)17-23;1-18-6-3-9-21(14-18)17-25(23-11-4-7-19(2)15-23)28(26,27)13-12-20-8-5-10-22(24)16-20;1-17-5-2-10-22(13-17)25(16-19-7-3-8-20(23)14-19)28(26,27)12-11-18-6-4-9-21(24)15-18;1-16-4-2-7-20(12-16)26(15-18-8-9-21(24)22(25)14-18)29(27,28)11-10-17-5-3-6-19(23)13-17/h2-19H,20-21H2,1H3;3-16H,17H2,1-2H3;2-15H,16H2,1H3;2-14H,15H2,1H3/b15-14+;13-12+;12-11+;11-10+. The Balaban J connectivity index is 0.000000170. The van der Waals surface area contributed by atoms with Gasteiger partial charge in [-0.25, -0.2) is 33.7 Å². The Hall–Kier alpha value is -9.87. The molecule has 0 N–H and O–H groups in total. The summed E-state index contributed by atoms with van der Waals surface area (Å²) in [5.74, 6) is 0.569. The number of anilines is 4. The molecule has 0 heterocycles. The summed E-state index contributed by atoms with van der Waals surface area (Å²) in [6.45, 7) is 10.9. The third-order valence-electron chi connectivity index (χ3n) is 18.0. The molecule has 0 fully saturated rings. The first-order chi connectivity index (χ1) is 57.7. The molecule has 25 heteroatoms. The lowest BCUT2D eigenvalue weighted by atomic mass is 10.1. The van der Waals surface area contributed by atoms with Gasteiger partial charge in [-0.2, -0.15) is 0 Å². The maximum absolute atomic E-state index is 13.5. The second kappa shape index (κ2) is 44.3. The summed E-state index contributed by atoms with van der Waals surface area (Å²) in [7, 11) is -15.1. The average Bonchev–Trinajstić information content (AvgIpc) is 0.814. The van der Waals surface area contributed by atoms with E-state index < -0.39 is 40.1 Å². The predicted octanol–water partition coefficient (Wildman–Crippen LogP) is 27.2. The number of sulfonamides is 4. The maximum Gasteiger partial charge on any atom is 0.257 e. The van der Waals surface area contributed by atoms with Crippen LogP contribution < -0.4 is 22.0 Å². The van der Waals surface area contributed by atoms with Gasteiger partial charge < -0.3 is 4.74 Å². The molecule has 0 aliphatic rings. The fraction of sp³-hybridized carbons (Fsp3) is 0.104. The number of aryl methyl sites for hydroxylation is 5. The van der Waals surface area contributed by atoms with Gasteiger partial charge in [0.1, 0.15) is 12.4 Å². The number of hydrogen-bond acceptors (Lipinski definition) is 9. The van der Waals surface area contributed by atoms with Crippen molar-refractivity contribution in [3.63, 3.8) is 0 Å². The van der Waals surface area contributed by atoms with Crippen LogP contribution in [0.5, 0.6) is 5.75 Å². The molecule has 0 saturated carbocycles. The van der Waals surface area contributed by atoms with E-state index in [0.717, 1.165) is 71.2 Å². The number of rotatable bonds is 27. The van der Waals surface area contributed by atoms with Crippen LogP contribution in [0.15, 0.2) is 335 Å². The van der Waals surface area contributed by atoms with Crippen molar-refractivity contribution in [2.24, 2.45) is 0 Å². The highest BCUT2D eigenvalue weighted by Gasteiger charge is 2.26. The van der Waals surface area contributed by atoms with Gasteiger partial charge in [-0.15, -0.1) is 0 Å². The highest BCUT2D eigenvalue weighted by Crippen LogP contribution is 2.33. The van der Waals surface area contributed by atoms with Gasteiger partial charge in [0.05, 0.1) is 80.6 Å². The van der Waals surface area contributed by atoms with E-state index in [4.69, 9.17) is 85.9 Å². The summed E-state index contributed by atoms with van der Waals surface area (Å²) in [5, 5.41) is 8.34. The van der Waals surface area contributed by atoms with E-state index in [9.17, 15) is 33.7 Å². The van der Waals surface area contributed by atoms with E-state index in [-0.39, 0.29) is 26.2 Å². The van der Waals surface area contributed by atoms with Crippen molar-refractivity contribution >= 4 is 184 Å². The van der Waals surface area contributed by atoms with E-state index in [2.05, 4.69) is 22.0 Å². The Morgan fingerprint density at radius 3 is 0.893 bits per heavy atom. The van der Waals surface area contributed by atoms with E-state index in [1.54, 1.807) is 164 Å². The van der Waals surface area contributed by atoms with E-state index >= 15 is 0 Å². The highest BCUT2D eigenvalue weighted by atomic mass is 79.9. The Morgan fingerprint density at radius 2 is 0.554 bits per heavy atom. The van der Waals surface area contributed by atoms with Crippen molar-refractivity contribution in [3.05, 3.63) is 449 Å². The summed E-state index contributed by atoms with van der Waals surface area (Å²) >= 11 is 45.7. The zero-order valence-electron chi connectivity index (χ0n) is 66.2. The van der Waals surface area contributed by atoms with Crippen LogP contribution in [0.25, 0.3) is 24.3 Å². The molecular formula is C96H84BrCl7N4O9S4. The molecule has 0 atom stereocenters. The molecule has 0 bridgehead atoms. The molecule has 0 amide bonds. The summed E-state index contributed by atoms with van der Waals surface area (Å²) in [5.41, 5.74) is 14.7. The molecular weight excluding hydrogens is 1810 g/mol. The van der Waals surface area contributed by atoms with E-state index in [1.807, 2.05) is 186 Å². The van der Waals surface area contributed by atoms with Crippen molar-refractivity contribution in [2.45, 2.75) is 67.4 Å².